The van der Waals surface area contributed by atoms with E-state index in [1.54, 1.807) is 0 Å². The van der Waals surface area contributed by atoms with E-state index in [0.717, 1.165) is 6.42 Å². The molecule has 1 saturated heterocycles. The minimum atomic E-state index is -1.02. The maximum absolute atomic E-state index is 10.8. The monoisotopic (exact) mass is 344 g/mol. The van der Waals surface area contributed by atoms with E-state index < -0.39 is 23.9 Å². The summed E-state index contributed by atoms with van der Waals surface area (Å²) in [7, 11) is 0. The van der Waals surface area contributed by atoms with Crippen LogP contribution in [0.4, 0.5) is 11.5 Å². The Labute approximate surface area is 138 Å². The predicted octanol–water partition coefficient (Wildman–Crippen LogP) is -0.224. The van der Waals surface area contributed by atoms with Gasteiger partial charge >= 0.3 is 0 Å². The average molecular weight is 345 g/mol. The number of rotatable bonds is 3. The van der Waals surface area contributed by atoms with Crippen LogP contribution in [-0.2, 0) is 4.74 Å². The standard InChI is InChI=1S/C14H21ClN4O4/c15-12-9(16)13(18-6-17-12)19-10-7(4-20)5-23-14(11(10)22)3-1-2-8(14)21/h6-8,10-11,20-22H,1-5,16H2,(H,17,18,19)/t7-,8+,10-,11-,14+/m0/s1. The van der Waals surface area contributed by atoms with Crippen LogP contribution >= 0.6 is 11.6 Å². The van der Waals surface area contributed by atoms with Crippen molar-refractivity contribution >= 4 is 23.1 Å². The van der Waals surface area contributed by atoms with E-state index in [0.29, 0.717) is 12.8 Å². The van der Waals surface area contributed by atoms with E-state index >= 15 is 0 Å². The van der Waals surface area contributed by atoms with Gasteiger partial charge in [0, 0.05) is 5.92 Å². The molecule has 0 bridgehead atoms. The van der Waals surface area contributed by atoms with Crippen molar-refractivity contribution < 1.29 is 20.1 Å². The molecule has 2 heterocycles. The molecule has 2 fully saturated rings. The number of nitrogen functional groups attached to an aromatic ring is 1. The highest BCUT2D eigenvalue weighted by Gasteiger charge is 2.56. The summed E-state index contributed by atoms with van der Waals surface area (Å²) < 4.78 is 5.79. The lowest BCUT2D eigenvalue weighted by atomic mass is 9.79. The van der Waals surface area contributed by atoms with Crippen molar-refractivity contribution in [3.63, 3.8) is 0 Å². The van der Waals surface area contributed by atoms with Crippen molar-refractivity contribution in [1.29, 1.82) is 0 Å². The summed E-state index contributed by atoms with van der Waals surface area (Å²) in [5.74, 6) is -0.0754. The van der Waals surface area contributed by atoms with Gasteiger partial charge in [-0.15, -0.1) is 0 Å². The summed E-state index contributed by atoms with van der Waals surface area (Å²) in [6, 6.07) is -0.574. The molecule has 0 amide bonds. The number of aliphatic hydroxyl groups excluding tert-OH is 3. The summed E-state index contributed by atoms with van der Waals surface area (Å²) in [5.41, 5.74) is 5.01. The van der Waals surface area contributed by atoms with E-state index in [-0.39, 0.29) is 35.8 Å². The minimum Gasteiger partial charge on any atom is -0.396 e. The predicted molar refractivity (Wildman–Crippen MR) is 84.0 cm³/mol. The van der Waals surface area contributed by atoms with Crippen molar-refractivity contribution in [3.8, 4) is 0 Å². The highest BCUT2D eigenvalue weighted by atomic mass is 35.5. The van der Waals surface area contributed by atoms with Gasteiger partial charge in [-0.05, 0) is 19.3 Å². The molecule has 1 aliphatic carbocycles. The summed E-state index contributed by atoms with van der Waals surface area (Å²) in [6.45, 7) is 0.0423. The van der Waals surface area contributed by atoms with Crippen LogP contribution in [-0.4, -0.2) is 62.4 Å². The number of aliphatic hydroxyl groups is 3. The molecule has 23 heavy (non-hydrogen) atoms. The normalized spacial score (nSPS) is 37.2. The van der Waals surface area contributed by atoms with Crippen LogP contribution in [0.2, 0.25) is 5.15 Å². The third kappa shape index (κ3) is 2.74. The number of ether oxygens (including phenoxy) is 1. The first-order valence-electron chi connectivity index (χ1n) is 7.63. The van der Waals surface area contributed by atoms with Crippen LogP contribution in [0.25, 0.3) is 0 Å². The second-order valence-electron chi connectivity index (χ2n) is 6.16. The van der Waals surface area contributed by atoms with Gasteiger partial charge < -0.3 is 31.1 Å². The van der Waals surface area contributed by atoms with Gasteiger partial charge in [0.2, 0.25) is 0 Å². The summed E-state index contributed by atoms with van der Waals surface area (Å²) >= 11 is 5.89. The molecule has 128 valence electrons. The number of hydrogen-bond acceptors (Lipinski definition) is 8. The molecule has 1 saturated carbocycles. The second kappa shape index (κ2) is 6.37. The molecule has 0 radical (unpaired) electrons. The molecule has 3 rings (SSSR count). The van der Waals surface area contributed by atoms with E-state index in [2.05, 4.69) is 15.3 Å². The first-order valence-corrected chi connectivity index (χ1v) is 8.01. The number of nitrogens with zero attached hydrogens (tertiary/aromatic N) is 2. The van der Waals surface area contributed by atoms with Gasteiger partial charge in [0.05, 0.1) is 25.4 Å². The zero-order chi connectivity index (χ0) is 16.6. The van der Waals surface area contributed by atoms with Crippen molar-refractivity contribution in [2.24, 2.45) is 5.92 Å². The number of anilines is 2. The average Bonchev–Trinajstić information content (AvgIpc) is 2.90. The molecule has 0 aromatic carbocycles. The largest absolute Gasteiger partial charge is 0.396 e. The lowest BCUT2D eigenvalue weighted by Gasteiger charge is -2.48. The van der Waals surface area contributed by atoms with Crippen molar-refractivity contribution in [3.05, 3.63) is 11.5 Å². The lowest BCUT2D eigenvalue weighted by molar-refractivity contribution is -0.214. The zero-order valence-electron chi connectivity index (χ0n) is 12.5. The van der Waals surface area contributed by atoms with Gasteiger partial charge in [0.25, 0.3) is 0 Å². The van der Waals surface area contributed by atoms with E-state index in [1.807, 2.05) is 0 Å². The van der Waals surface area contributed by atoms with Crippen LogP contribution in [0.3, 0.4) is 0 Å². The number of nitrogens with one attached hydrogen (secondary N) is 1. The summed E-state index contributed by atoms with van der Waals surface area (Å²) in [4.78, 5) is 7.83. The van der Waals surface area contributed by atoms with Gasteiger partial charge in [-0.25, -0.2) is 9.97 Å². The second-order valence-corrected chi connectivity index (χ2v) is 6.52. The maximum Gasteiger partial charge on any atom is 0.157 e. The van der Waals surface area contributed by atoms with Crippen molar-refractivity contribution in [2.45, 2.75) is 43.1 Å². The topological polar surface area (TPSA) is 134 Å². The van der Waals surface area contributed by atoms with Gasteiger partial charge in [0.15, 0.2) is 11.0 Å². The molecule has 2 aliphatic rings. The number of aromatic nitrogens is 2. The third-order valence-electron chi connectivity index (χ3n) is 4.90. The Morgan fingerprint density at radius 3 is 2.87 bits per heavy atom. The molecule has 1 spiro atoms. The molecule has 1 aromatic rings. The molecular weight excluding hydrogens is 324 g/mol. The molecule has 5 atom stereocenters. The van der Waals surface area contributed by atoms with E-state index in [1.165, 1.54) is 6.33 Å². The van der Waals surface area contributed by atoms with Crippen LogP contribution in [0.5, 0.6) is 0 Å². The minimum absolute atomic E-state index is 0.111. The molecule has 1 aliphatic heterocycles. The first-order chi connectivity index (χ1) is 11.0. The van der Waals surface area contributed by atoms with Gasteiger partial charge in [-0.3, -0.25) is 0 Å². The van der Waals surface area contributed by atoms with Crippen LogP contribution in [0, 0.1) is 5.92 Å². The first kappa shape index (κ1) is 16.7. The summed E-state index contributed by atoms with van der Waals surface area (Å²) in [6.07, 6.45) is 1.42. The highest BCUT2D eigenvalue weighted by molar-refractivity contribution is 6.32. The van der Waals surface area contributed by atoms with Crippen molar-refractivity contribution in [1.82, 2.24) is 9.97 Å². The maximum atomic E-state index is 10.8. The zero-order valence-corrected chi connectivity index (χ0v) is 13.3. The number of nitrogens with two attached hydrogens (primary N) is 1. The van der Waals surface area contributed by atoms with E-state index in [4.69, 9.17) is 22.1 Å². The van der Waals surface area contributed by atoms with Crippen molar-refractivity contribution in [2.75, 3.05) is 24.3 Å². The lowest BCUT2D eigenvalue weighted by Crippen LogP contribution is -2.64. The highest BCUT2D eigenvalue weighted by Crippen LogP contribution is 2.42. The Hall–Kier alpha value is -1.19. The fraction of sp³-hybridized carbons (Fsp3) is 0.714. The number of hydrogen-bond donors (Lipinski definition) is 5. The Kier molecular flexibility index (Phi) is 4.61. The smallest absolute Gasteiger partial charge is 0.157 e. The quantitative estimate of drug-likeness (QED) is 0.475. The van der Waals surface area contributed by atoms with Crippen LogP contribution in [0.15, 0.2) is 6.33 Å². The third-order valence-corrected chi connectivity index (χ3v) is 5.20. The fourth-order valence-electron chi connectivity index (χ4n) is 3.52. The Morgan fingerprint density at radius 2 is 2.22 bits per heavy atom. The fourth-order valence-corrected chi connectivity index (χ4v) is 3.65. The molecule has 9 heteroatoms. The molecule has 1 aromatic heterocycles. The summed E-state index contributed by atoms with van der Waals surface area (Å²) in [5, 5.41) is 33.9. The van der Waals surface area contributed by atoms with Crippen LogP contribution in [0.1, 0.15) is 19.3 Å². The Morgan fingerprint density at radius 1 is 1.43 bits per heavy atom. The molecular formula is C14H21ClN4O4. The van der Waals surface area contributed by atoms with Crippen LogP contribution < -0.4 is 11.1 Å². The van der Waals surface area contributed by atoms with Gasteiger partial charge in [-0.2, -0.15) is 0 Å². The molecule has 0 unspecified atom stereocenters. The van der Waals surface area contributed by atoms with E-state index in [9.17, 15) is 15.3 Å². The SMILES string of the molecule is Nc1c(Cl)ncnc1N[C@H]1[C@@H](CO)CO[C@@]2(CCC[C@H]2O)[C@H]1O. The Balaban J connectivity index is 1.89. The molecule has 6 N–H and O–H groups in total. The van der Waals surface area contributed by atoms with Gasteiger partial charge in [-0.1, -0.05) is 11.6 Å². The Bertz CT molecular complexity index is 578. The van der Waals surface area contributed by atoms with Gasteiger partial charge in [0.1, 0.15) is 23.7 Å². The molecule has 8 nitrogen and oxygen atoms in total. The number of halogens is 1.